The number of rotatable bonds is 32. The van der Waals surface area contributed by atoms with Gasteiger partial charge in [-0.3, -0.25) is 13.8 Å². The minimum absolute atomic E-state index is 0.0486. The molecule has 0 aromatic heterocycles. The average Bonchev–Trinajstić information content (AvgIpc) is 2.97. The zero-order valence-corrected chi connectivity index (χ0v) is 27.6. The molecule has 0 aliphatic carbocycles. The van der Waals surface area contributed by atoms with Crippen molar-refractivity contribution in [3.8, 4) is 0 Å². The normalized spacial score (nSPS) is 14.7. The molecule has 0 heterocycles. The van der Waals surface area contributed by atoms with Crippen LogP contribution in [0.1, 0.15) is 142 Å². The second kappa shape index (κ2) is 30.2. The van der Waals surface area contributed by atoms with Gasteiger partial charge in [0.25, 0.3) is 0 Å². The van der Waals surface area contributed by atoms with E-state index in [-0.39, 0.29) is 19.6 Å². The van der Waals surface area contributed by atoms with E-state index in [2.05, 4.69) is 30.5 Å². The van der Waals surface area contributed by atoms with Crippen LogP contribution in [0, 0.1) is 0 Å². The largest absolute Gasteiger partial charge is 0.472 e. The summed E-state index contributed by atoms with van der Waals surface area (Å²) in [6, 6.07) is 0. The van der Waals surface area contributed by atoms with Crippen molar-refractivity contribution in [2.24, 2.45) is 0 Å². The maximum absolute atomic E-state index is 12.4. The lowest BCUT2D eigenvalue weighted by Gasteiger charge is -2.20. The van der Waals surface area contributed by atoms with Gasteiger partial charge in [0.15, 0.2) is 0 Å². The number of carbonyl (C=O) groups excluding carboxylic acids is 1. The van der Waals surface area contributed by atoms with Crippen molar-refractivity contribution in [1.29, 1.82) is 0 Å². The zero-order chi connectivity index (χ0) is 31.2. The lowest BCUT2D eigenvalue weighted by molar-refractivity contribution is -0.154. The molecule has 0 saturated carbocycles. The van der Waals surface area contributed by atoms with E-state index < -0.39 is 39.2 Å². The second-order valence-electron chi connectivity index (χ2n) is 11.2. The molecule has 0 saturated heterocycles. The van der Waals surface area contributed by atoms with Crippen LogP contribution >= 0.6 is 7.82 Å². The SMILES string of the molecule is CCCCC/C=C\CCCCCCCCOCC(COP(=O)(O)OCC(O)CO)OC(=O)CCCCCCCCCC. The molecule has 3 N–H and O–H groups in total. The van der Waals surface area contributed by atoms with Crippen LogP contribution < -0.4 is 0 Å². The third-order valence-corrected chi connectivity index (χ3v) is 7.90. The van der Waals surface area contributed by atoms with Crippen molar-refractivity contribution >= 4 is 13.8 Å². The Kier molecular flexibility index (Phi) is 29.7. The van der Waals surface area contributed by atoms with Crippen LogP contribution in [-0.4, -0.2) is 66.3 Å². The minimum atomic E-state index is -4.50. The molecule has 42 heavy (non-hydrogen) atoms. The summed E-state index contributed by atoms with van der Waals surface area (Å²) < 4.78 is 33.0. The first-order chi connectivity index (χ1) is 20.3. The summed E-state index contributed by atoms with van der Waals surface area (Å²) in [4.78, 5) is 22.3. The molecule has 0 radical (unpaired) electrons. The Morgan fingerprint density at radius 2 is 1.21 bits per heavy atom. The molecule has 9 nitrogen and oxygen atoms in total. The number of hydrogen-bond acceptors (Lipinski definition) is 8. The molecular weight excluding hydrogens is 559 g/mol. The summed E-state index contributed by atoms with van der Waals surface area (Å²) in [5.74, 6) is -0.390. The molecule has 0 aromatic rings. The van der Waals surface area contributed by atoms with E-state index in [1.165, 1.54) is 77.0 Å². The number of phosphoric ester groups is 1. The quantitative estimate of drug-likeness (QED) is 0.0297. The number of aliphatic hydroxyl groups excluding tert-OH is 2. The van der Waals surface area contributed by atoms with Gasteiger partial charge in [-0.25, -0.2) is 4.57 Å². The van der Waals surface area contributed by atoms with Gasteiger partial charge < -0.3 is 24.6 Å². The van der Waals surface area contributed by atoms with Crippen molar-refractivity contribution in [2.75, 3.05) is 33.0 Å². The lowest BCUT2D eigenvalue weighted by Crippen LogP contribution is -2.29. The van der Waals surface area contributed by atoms with Gasteiger partial charge in [-0.1, -0.05) is 109 Å². The van der Waals surface area contributed by atoms with Crippen LogP contribution in [0.3, 0.4) is 0 Å². The number of aliphatic hydroxyl groups is 2. The molecule has 0 spiro atoms. The summed E-state index contributed by atoms with van der Waals surface area (Å²) in [7, 11) is -4.50. The van der Waals surface area contributed by atoms with Gasteiger partial charge in [-0.2, -0.15) is 0 Å². The Hall–Kier alpha value is -0.800. The Bertz CT molecular complexity index is 674. The van der Waals surface area contributed by atoms with Crippen LogP contribution in [0.25, 0.3) is 0 Å². The maximum Gasteiger partial charge on any atom is 0.472 e. The highest BCUT2D eigenvalue weighted by atomic mass is 31.2. The number of esters is 1. The Balaban J connectivity index is 4.26. The number of hydrogen-bond donors (Lipinski definition) is 3. The van der Waals surface area contributed by atoms with E-state index >= 15 is 0 Å². The fraction of sp³-hybridized carbons (Fsp3) is 0.906. The molecule has 0 aliphatic rings. The first-order valence-electron chi connectivity index (χ1n) is 16.7. The number of allylic oxidation sites excluding steroid dienone is 2. The first-order valence-corrected chi connectivity index (χ1v) is 18.2. The van der Waals surface area contributed by atoms with Crippen molar-refractivity contribution in [3.63, 3.8) is 0 Å². The topological polar surface area (TPSA) is 132 Å². The van der Waals surface area contributed by atoms with Crippen LogP contribution in [0.2, 0.25) is 0 Å². The van der Waals surface area contributed by atoms with Gasteiger partial charge in [0, 0.05) is 13.0 Å². The zero-order valence-electron chi connectivity index (χ0n) is 26.7. The van der Waals surface area contributed by atoms with Crippen LogP contribution in [0.4, 0.5) is 0 Å². The van der Waals surface area contributed by atoms with Crippen molar-refractivity contribution in [3.05, 3.63) is 12.2 Å². The molecule has 0 aromatic carbocycles. The van der Waals surface area contributed by atoms with E-state index in [1.807, 2.05) is 0 Å². The molecule has 0 aliphatic heterocycles. The molecule has 0 amide bonds. The average molecular weight is 623 g/mol. The second-order valence-corrected chi connectivity index (χ2v) is 12.6. The minimum Gasteiger partial charge on any atom is -0.457 e. The highest BCUT2D eigenvalue weighted by Crippen LogP contribution is 2.43. The molecule has 3 atom stereocenters. The number of carbonyl (C=O) groups is 1. The van der Waals surface area contributed by atoms with Crippen molar-refractivity contribution < 1.29 is 43.0 Å². The summed E-state index contributed by atoms with van der Waals surface area (Å²) in [6.07, 6.45) is 24.6. The molecule has 10 heteroatoms. The van der Waals surface area contributed by atoms with Gasteiger partial charge in [0.1, 0.15) is 12.2 Å². The van der Waals surface area contributed by atoms with E-state index in [0.29, 0.717) is 6.61 Å². The van der Waals surface area contributed by atoms with Gasteiger partial charge >= 0.3 is 13.8 Å². The van der Waals surface area contributed by atoms with E-state index in [0.717, 1.165) is 44.9 Å². The summed E-state index contributed by atoms with van der Waals surface area (Å²) in [5.41, 5.74) is 0. The summed E-state index contributed by atoms with van der Waals surface area (Å²) in [5, 5.41) is 18.2. The first kappa shape index (κ1) is 41.2. The van der Waals surface area contributed by atoms with Crippen LogP contribution in [0.15, 0.2) is 12.2 Å². The predicted molar refractivity (Wildman–Crippen MR) is 168 cm³/mol. The van der Waals surface area contributed by atoms with Crippen LogP contribution in [-0.2, 0) is 27.9 Å². The highest BCUT2D eigenvalue weighted by molar-refractivity contribution is 7.47. The smallest absolute Gasteiger partial charge is 0.457 e. The Morgan fingerprint density at radius 1 is 0.714 bits per heavy atom. The monoisotopic (exact) mass is 622 g/mol. The van der Waals surface area contributed by atoms with Crippen molar-refractivity contribution in [1.82, 2.24) is 0 Å². The van der Waals surface area contributed by atoms with E-state index in [9.17, 15) is 19.4 Å². The fourth-order valence-corrected chi connectivity index (χ4v) is 5.14. The van der Waals surface area contributed by atoms with Gasteiger partial charge in [0.05, 0.1) is 26.4 Å². The third-order valence-electron chi connectivity index (χ3n) is 6.95. The van der Waals surface area contributed by atoms with Crippen molar-refractivity contribution in [2.45, 2.75) is 154 Å². The number of phosphoric acid groups is 1. The lowest BCUT2D eigenvalue weighted by atomic mass is 10.1. The predicted octanol–water partition coefficient (Wildman–Crippen LogP) is 7.80. The van der Waals surface area contributed by atoms with Crippen LogP contribution in [0.5, 0.6) is 0 Å². The summed E-state index contributed by atoms with van der Waals surface area (Å²) in [6.45, 7) is 3.43. The fourth-order valence-electron chi connectivity index (χ4n) is 4.35. The molecule has 0 rings (SSSR count). The Labute approximate surface area is 256 Å². The van der Waals surface area contributed by atoms with E-state index in [4.69, 9.17) is 19.1 Å². The maximum atomic E-state index is 12.4. The van der Waals surface area contributed by atoms with E-state index in [1.54, 1.807) is 0 Å². The molecule has 250 valence electrons. The van der Waals surface area contributed by atoms with Gasteiger partial charge in [-0.05, 0) is 38.5 Å². The molecular formula is C32H63O9P. The molecule has 0 bridgehead atoms. The standard InChI is InChI=1S/C32H63O9P/c1-3-5-7-9-11-13-14-15-16-17-19-21-23-25-38-28-31(29-40-42(36,37)39-27-30(34)26-33)41-32(35)24-22-20-18-12-10-8-6-4-2/h11,13,30-31,33-34H,3-10,12,14-29H2,1-2H3,(H,36,37)/b13-11-. The molecule has 0 fully saturated rings. The summed E-state index contributed by atoms with van der Waals surface area (Å²) >= 11 is 0. The Morgan fingerprint density at radius 3 is 1.83 bits per heavy atom. The number of unbranched alkanes of at least 4 members (excludes halogenated alkanes) is 16. The highest BCUT2D eigenvalue weighted by Gasteiger charge is 2.26. The van der Waals surface area contributed by atoms with Gasteiger partial charge in [-0.15, -0.1) is 0 Å². The van der Waals surface area contributed by atoms with Gasteiger partial charge in [0.2, 0.25) is 0 Å². The molecule has 3 unspecified atom stereocenters. The number of ether oxygens (including phenoxy) is 2. The third kappa shape index (κ3) is 29.3.